The number of hydrogen-bond donors (Lipinski definition) is 3. The van der Waals surface area contributed by atoms with E-state index in [2.05, 4.69) is 16.0 Å². The number of amides is 2. The molecule has 2 fully saturated rings. The summed E-state index contributed by atoms with van der Waals surface area (Å²) in [6.07, 6.45) is 8.73. The minimum Gasteiger partial charge on any atom is -0.336 e. The van der Waals surface area contributed by atoms with Gasteiger partial charge in [-0.3, -0.25) is 0 Å². The third-order valence-corrected chi connectivity index (χ3v) is 4.20. The van der Waals surface area contributed by atoms with Crippen LogP contribution in [0, 0.1) is 0 Å². The van der Waals surface area contributed by atoms with E-state index in [-0.39, 0.29) is 12.1 Å². The summed E-state index contributed by atoms with van der Waals surface area (Å²) in [6, 6.07) is 0.529. The van der Waals surface area contributed by atoms with Crippen molar-refractivity contribution in [3.05, 3.63) is 0 Å². The second-order valence-corrected chi connectivity index (χ2v) is 6.23. The molecule has 4 heteroatoms. The molecule has 2 amide bonds. The highest BCUT2D eigenvalue weighted by atomic mass is 16.2. The quantitative estimate of drug-likeness (QED) is 0.706. The van der Waals surface area contributed by atoms with Gasteiger partial charge in [-0.05, 0) is 46.1 Å². The van der Waals surface area contributed by atoms with Crippen molar-refractivity contribution in [1.29, 1.82) is 0 Å². The zero-order valence-electron chi connectivity index (χ0n) is 11.7. The van der Waals surface area contributed by atoms with Gasteiger partial charge in [-0.15, -0.1) is 0 Å². The maximum absolute atomic E-state index is 11.8. The van der Waals surface area contributed by atoms with Gasteiger partial charge in [0.05, 0.1) is 0 Å². The Morgan fingerprint density at radius 1 is 1.28 bits per heavy atom. The second kappa shape index (κ2) is 5.91. The smallest absolute Gasteiger partial charge is 0.315 e. The molecule has 0 aromatic heterocycles. The summed E-state index contributed by atoms with van der Waals surface area (Å²) in [7, 11) is 0. The third kappa shape index (κ3) is 3.61. The Bertz CT molecular complexity index is 279. The number of carbonyl (C=O) groups excluding carboxylic acids is 1. The third-order valence-electron chi connectivity index (χ3n) is 4.20. The largest absolute Gasteiger partial charge is 0.336 e. The maximum Gasteiger partial charge on any atom is 0.315 e. The van der Waals surface area contributed by atoms with Crippen molar-refractivity contribution in [2.45, 2.75) is 76.4 Å². The predicted molar refractivity (Wildman–Crippen MR) is 73.6 cm³/mol. The molecule has 0 aromatic rings. The van der Waals surface area contributed by atoms with Gasteiger partial charge in [-0.25, -0.2) is 4.79 Å². The van der Waals surface area contributed by atoms with Crippen LogP contribution in [0.5, 0.6) is 0 Å². The summed E-state index contributed by atoms with van der Waals surface area (Å²) in [5, 5.41) is 9.75. The summed E-state index contributed by atoms with van der Waals surface area (Å²) in [6.45, 7) is 5.02. The van der Waals surface area contributed by atoms with Crippen LogP contribution in [0.1, 0.15) is 58.8 Å². The molecule has 1 atom stereocenters. The van der Waals surface area contributed by atoms with Gasteiger partial charge in [0.2, 0.25) is 0 Å². The molecule has 1 aliphatic heterocycles. The fourth-order valence-electron chi connectivity index (χ4n) is 3.38. The van der Waals surface area contributed by atoms with Gasteiger partial charge in [0.1, 0.15) is 0 Å². The number of rotatable bonds is 2. The molecule has 0 radical (unpaired) electrons. The molecule has 0 aromatic carbocycles. The first-order valence-electron chi connectivity index (χ1n) is 7.42. The van der Waals surface area contributed by atoms with Crippen LogP contribution in [0.4, 0.5) is 4.79 Å². The normalized spacial score (nSPS) is 27.2. The lowest BCUT2D eigenvalue weighted by molar-refractivity contribution is 0.157. The molecule has 2 aliphatic rings. The Morgan fingerprint density at radius 2 is 2.00 bits per heavy atom. The van der Waals surface area contributed by atoms with E-state index >= 15 is 0 Å². The van der Waals surface area contributed by atoms with E-state index in [1.807, 2.05) is 13.8 Å². The summed E-state index contributed by atoms with van der Waals surface area (Å²) >= 11 is 0. The van der Waals surface area contributed by atoms with Crippen LogP contribution in [-0.2, 0) is 0 Å². The predicted octanol–water partition coefficient (Wildman–Crippen LogP) is 2.15. The highest BCUT2D eigenvalue weighted by molar-refractivity contribution is 5.74. The monoisotopic (exact) mass is 253 g/mol. The maximum atomic E-state index is 11.8. The van der Waals surface area contributed by atoms with Crippen LogP contribution >= 0.6 is 0 Å². The van der Waals surface area contributed by atoms with Gasteiger partial charge in [0.15, 0.2) is 0 Å². The Morgan fingerprint density at radius 3 is 2.67 bits per heavy atom. The van der Waals surface area contributed by atoms with Gasteiger partial charge < -0.3 is 16.0 Å². The fraction of sp³-hybridized carbons (Fsp3) is 0.929. The van der Waals surface area contributed by atoms with Crippen molar-refractivity contribution in [2.24, 2.45) is 0 Å². The van der Waals surface area contributed by atoms with Crippen molar-refractivity contribution in [3.63, 3.8) is 0 Å². The second-order valence-electron chi connectivity index (χ2n) is 6.23. The average Bonchev–Trinajstić information content (AvgIpc) is 2.28. The minimum atomic E-state index is -0.0112. The molecule has 4 nitrogen and oxygen atoms in total. The van der Waals surface area contributed by atoms with Crippen LogP contribution < -0.4 is 16.0 Å². The molecular weight excluding hydrogens is 226 g/mol. The SMILES string of the molecule is CC(C)NC(=O)NC1CCNC2(CCCCC2)C1. The molecular formula is C14H27N3O. The number of carbonyl (C=O) groups is 1. The van der Waals surface area contributed by atoms with Gasteiger partial charge >= 0.3 is 6.03 Å². The first kappa shape index (κ1) is 13.7. The molecule has 3 N–H and O–H groups in total. The summed E-state index contributed by atoms with van der Waals surface area (Å²) in [5.74, 6) is 0. The lowest BCUT2D eigenvalue weighted by Gasteiger charge is -2.44. The topological polar surface area (TPSA) is 53.2 Å². The van der Waals surface area contributed by atoms with Crippen LogP contribution in [0.2, 0.25) is 0 Å². The van der Waals surface area contributed by atoms with E-state index in [4.69, 9.17) is 0 Å². The number of urea groups is 1. The number of hydrogen-bond acceptors (Lipinski definition) is 2. The van der Waals surface area contributed by atoms with Gasteiger partial charge in [0, 0.05) is 17.6 Å². The van der Waals surface area contributed by atoms with Crippen LogP contribution in [0.15, 0.2) is 0 Å². The standard InChI is InChI=1S/C14H27N3O/c1-11(2)16-13(18)17-12-6-9-15-14(10-12)7-4-3-5-8-14/h11-12,15H,3-10H2,1-2H3,(H2,16,17,18). The molecule has 2 rings (SSSR count). The number of nitrogens with one attached hydrogen (secondary N) is 3. The Kier molecular flexibility index (Phi) is 4.49. The highest BCUT2D eigenvalue weighted by Gasteiger charge is 2.37. The fourth-order valence-corrected chi connectivity index (χ4v) is 3.38. The molecule has 1 aliphatic carbocycles. The zero-order chi connectivity index (χ0) is 13.0. The lowest BCUT2D eigenvalue weighted by Crippen LogP contribution is -2.58. The molecule has 1 saturated heterocycles. The van der Waals surface area contributed by atoms with Crippen molar-refractivity contribution in [1.82, 2.24) is 16.0 Å². The molecule has 18 heavy (non-hydrogen) atoms. The summed E-state index contributed by atoms with van der Waals surface area (Å²) < 4.78 is 0. The van der Waals surface area contributed by atoms with Crippen molar-refractivity contribution >= 4 is 6.03 Å². The zero-order valence-corrected chi connectivity index (χ0v) is 11.7. The van der Waals surface area contributed by atoms with E-state index in [1.165, 1.54) is 32.1 Å². The molecule has 1 spiro atoms. The average molecular weight is 253 g/mol. The summed E-state index contributed by atoms with van der Waals surface area (Å²) in [4.78, 5) is 11.8. The first-order valence-corrected chi connectivity index (χ1v) is 7.42. The lowest BCUT2D eigenvalue weighted by atomic mass is 9.75. The van der Waals surface area contributed by atoms with Crippen molar-refractivity contribution in [3.8, 4) is 0 Å². The summed E-state index contributed by atoms with van der Waals surface area (Å²) in [5.41, 5.74) is 0.312. The van der Waals surface area contributed by atoms with Gasteiger partial charge in [0.25, 0.3) is 0 Å². The molecule has 104 valence electrons. The van der Waals surface area contributed by atoms with E-state index in [0.29, 0.717) is 11.6 Å². The van der Waals surface area contributed by atoms with E-state index < -0.39 is 0 Å². The van der Waals surface area contributed by atoms with E-state index in [1.54, 1.807) is 0 Å². The molecule has 1 saturated carbocycles. The van der Waals surface area contributed by atoms with Crippen LogP contribution in [0.25, 0.3) is 0 Å². The number of piperidine rings is 1. The molecule has 0 bridgehead atoms. The Labute approximate surface area is 110 Å². The van der Waals surface area contributed by atoms with Crippen LogP contribution in [-0.4, -0.2) is 30.2 Å². The van der Waals surface area contributed by atoms with E-state index in [9.17, 15) is 4.79 Å². The highest BCUT2D eigenvalue weighted by Crippen LogP contribution is 2.34. The minimum absolute atomic E-state index is 0.0112. The Balaban J connectivity index is 1.84. The van der Waals surface area contributed by atoms with Crippen molar-refractivity contribution < 1.29 is 4.79 Å². The first-order chi connectivity index (χ1) is 8.60. The van der Waals surface area contributed by atoms with Crippen LogP contribution in [0.3, 0.4) is 0 Å². The van der Waals surface area contributed by atoms with Gasteiger partial charge in [-0.1, -0.05) is 19.3 Å². The molecule has 1 heterocycles. The Hall–Kier alpha value is -0.770. The van der Waals surface area contributed by atoms with Crippen molar-refractivity contribution in [2.75, 3.05) is 6.54 Å². The van der Waals surface area contributed by atoms with E-state index in [0.717, 1.165) is 19.4 Å². The molecule has 1 unspecified atom stereocenters. The van der Waals surface area contributed by atoms with Gasteiger partial charge in [-0.2, -0.15) is 0 Å².